The first-order chi connectivity index (χ1) is 28.9. The largest absolute Gasteiger partial charge is 0.456 e. The molecule has 10 aromatic rings. The van der Waals surface area contributed by atoms with E-state index in [0.29, 0.717) is 16.7 Å². The van der Waals surface area contributed by atoms with Crippen LogP contribution in [-0.4, -0.2) is 98.0 Å². The predicted octanol–water partition coefficient (Wildman–Crippen LogP) is -0.526. The Labute approximate surface area is 359 Å². The van der Waals surface area contributed by atoms with Gasteiger partial charge in [-0.2, -0.15) is 0 Å². The number of para-hydroxylation sites is 1. The summed E-state index contributed by atoms with van der Waals surface area (Å²) >= 11 is 0. The highest BCUT2D eigenvalue weighted by atomic mass is 16.3. The number of furan rings is 1. The Hall–Kier alpha value is -6.20. The monoisotopic (exact) mass is 740 g/mol. The van der Waals surface area contributed by atoms with Crippen LogP contribution in [0.3, 0.4) is 0 Å². The molecule has 0 spiro atoms. The van der Waals surface area contributed by atoms with Gasteiger partial charge in [0.25, 0.3) is 0 Å². The minimum absolute atomic E-state index is 0.00702. The third-order valence-electron chi connectivity index (χ3n) is 11.2. The molecule has 0 N–H and O–H groups in total. The highest BCUT2D eigenvalue weighted by Crippen LogP contribution is 2.38. The van der Waals surface area contributed by atoms with Crippen molar-refractivity contribution in [1.82, 2.24) is 19.5 Å². The van der Waals surface area contributed by atoms with E-state index in [0.717, 1.165) is 49.4 Å². The SMILES string of the molecule is [B]c1c([B])c([B])c(-c2nc(-c3ccc4c(c3)oc3cc(-n5c6ccccc6c6cc(-c7ccccc7)ccc65)ccc34)nc(-c3c([B])c([B])c([B])c([B])c3[B])n2)c([B])c1[B]. The number of benzene rings is 7. The molecule has 3 heterocycles. The maximum atomic E-state index is 6.59. The molecule has 0 atom stereocenters. The van der Waals surface area contributed by atoms with E-state index in [1.807, 2.05) is 30.3 Å². The standard InChI is InChI=1S/C45H18B10N4O/c46-33-31(34(47)38(51)41(54)37(33)50)44-56-43(57-45(58-44)32-35(48)39(52)42(55)40(53)36(32)49)21-10-13-24-25-14-12-22(18-30(25)60-29(24)17-21)59-27-9-5-4-8-23(27)26-16-20(11-15-28(26)59)19-6-2-1-3-7-19/h1-18H. The second kappa shape index (κ2) is 14.2. The Morgan fingerprint density at radius 2 is 0.833 bits per heavy atom. The Kier molecular flexibility index (Phi) is 9.02. The van der Waals surface area contributed by atoms with E-state index in [1.54, 1.807) is 0 Å². The van der Waals surface area contributed by atoms with Gasteiger partial charge in [0.1, 0.15) is 89.6 Å². The second-order valence-electron chi connectivity index (χ2n) is 14.6. The van der Waals surface area contributed by atoms with Gasteiger partial charge in [0.05, 0.1) is 11.0 Å². The van der Waals surface area contributed by atoms with Gasteiger partial charge < -0.3 is 8.98 Å². The minimum atomic E-state index is 0.00702. The lowest BCUT2D eigenvalue weighted by molar-refractivity contribution is 0.668. The lowest BCUT2D eigenvalue weighted by Gasteiger charge is -2.22. The molecular weight excluding hydrogens is 721 g/mol. The van der Waals surface area contributed by atoms with Crippen LogP contribution in [-0.2, 0) is 0 Å². The summed E-state index contributed by atoms with van der Waals surface area (Å²) < 4.78 is 8.85. The van der Waals surface area contributed by atoms with Crippen molar-refractivity contribution in [2.75, 3.05) is 0 Å². The molecule has 0 fully saturated rings. The zero-order chi connectivity index (χ0) is 41.7. The van der Waals surface area contributed by atoms with E-state index in [2.05, 4.69) is 88.4 Å². The lowest BCUT2D eigenvalue weighted by Crippen LogP contribution is -2.55. The van der Waals surface area contributed by atoms with Crippen LogP contribution in [0.25, 0.3) is 94.7 Å². The Morgan fingerprint density at radius 1 is 0.350 bits per heavy atom. The third kappa shape index (κ3) is 5.80. The van der Waals surface area contributed by atoms with Crippen molar-refractivity contribution in [3.05, 3.63) is 109 Å². The van der Waals surface area contributed by atoms with Crippen LogP contribution < -0.4 is 54.6 Å². The minimum Gasteiger partial charge on any atom is -0.456 e. The number of rotatable bonds is 5. The molecule has 3 aromatic heterocycles. The van der Waals surface area contributed by atoms with Gasteiger partial charge in [-0.1, -0.05) is 82.5 Å². The van der Waals surface area contributed by atoms with Crippen molar-refractivity contribution in [3.63, 3.8) is 0 Å². The molecule has 5 nitrogen and oxygen atoms in total. The van der Waals surface area contributed by atoms with Crippen molar-refractivity contribution >= 4 is 177 Å². The summed E-state index contributed by atoms with van der Waals surface area (Å²) in [5, 5.41) is 4.10. The van der Waals surface area contributed by atoms with Crippen LogP contribution in [0.15, 0.2) is 114 Å². The first-order valence-electron chi connectivity index (χ1n) is 18.8. The predicted molar refractivity (Wildman–Crippen MR) is 257 cm³/mol. The molecule has 0 saturated heterocycles. The third-order valence-corrected chi connectivity index (χ3v) is 11.2. The van der Waals surface area contributed by atoms with Crippen molar-refractivity contribution in [1.29, 1.82) is 0 Å². The first-order valence-corrected chi connectivity index (χ1v) is 18.8. The Balaban J connectivity index is 1.14. The second-order valence-corrected chi connectivity index (χ2v) is 14.6. The molecule has 60 heavy (non-hydrogen) atoms. The average molecular weight is 739 g/mol. The maximum absolute atomic E-state index is 6.59. The van der Waals surface area contributed by atoms with Gasteiger partial charge in [-0.15, -0.1) is 32.8 Å². The van der Waals surface area contributed by atoms with Crippen molar-refractivity contribution in [3.8, 4) is 51.0 Å². The Bertz CT molecular complexity index is 3310. The van der Waals surface area contributed by atoms with E-state index in [1.165, 1.54) is 0 Å². The molecule has 0 aliphatic heterocycles. The van der Waals surface area contributed by atoms with E-state index in [4.69, 9.17) is 92.8 Å². The van der Waals surface area contributed by atoms with Gasteiger partial charge in [-0.05, 0) is 53.6 Å². The van der Waals surface area contributed by atoms with Gasteiger partial charge >= 0.3 is 0 Å². The molecule has 254 valence electrons. The topological polar surface area (TPSA) is 56.7 Å². The number of nitrogens with zero attached hydrogens (tertiary/aromatic N) is 4. The van der Waals surface area contributed by atoms with Gasteiger partial charge in [0.15, 0.2) is 17.5 Å². The fourth-order valence-corrected chi connectivity index (χ4v) is 8.01. The molecular formula is C45H18B10N4O. The highest BCUT2D eigenvalue weighted by molar-refractivity contribution is 6.70. The van der Waals surface area contributed by atoms with Crippen molar-refractivity contribution in [2.45, 2.75) is 0 Å². The highest BCUT2D eigenvalue weighted by Gasteiger charge is 2.22. The van der Waals surface area contributed by atoms with E-state index in [-0.39, 0.29) is 83.2 Å². The normalized spacial score (nSPS) is 11.7. The van der Waals surface area contributed by atoms with E-state index >= 15 is 0 Å². The smallest absolute Gasteiger partial charge is 0.164 e. The summed E-state index contributed by atoms with van der Waals surface area (Å²) in [6.07, 6.45) is 0. The molecule has 7 aromatic carbocycles. The number of aromatic nitrogens is 4. The number of hydrogen-bond acceptors (Lipinski definition) is 4. The van der Waals surface area contributed by atoms with Crippen molar-refractivity contribution in [2.24, 2.45) is 0 Å². The molecule has 15 heteroatoms. The number of fused-ring (bicyclic) bond motifs is 6. The zero-order valence-electron chi connectivity index (χ0n) is 31.9. The van der Waals surface area contributed by atoms with E-state index < -0.39 is 0 Å². The average Bonchev–Trinajstić information content (AvgIpc) is 3.81. The lowest BCUT2D eigenvalue weighted by atomic mass is 9.60. The summed E-state index contributed by atoms with van der Waals surface area (Å²) in [4.78, 5) is 14.3. The number of hydrogen-bond donors (Lipinski definition) is 0. The summed E-state index contributed by atoms with van der Waals surface area (Å²) in [5.41, 5.74) is 7.68. The van der Waals surface area contributed by atoms with Gasteiger partial charge in [0, 0.05) is 50.0 Å². The van der Waals surface area contributed by atoms with Gasteiger partial charge in [0.2, 0.25) is 0 Å². The zero-order valence-corrected chi connectivity index (χ0v) is 31.9. The van der Waals surface area contributed by atoms with E-state index in [9.17, 15) is 0 Å². The van der Waals surface area contributed by atoms with Crippen LogP contribution >= 0.6 is 0 Å². The summed E-state index contributed by atoms with van der Waals surface area (Å²) in [5.74, 6) is 0.193. The molecule has 0 aliphatic rings. The van der Waals surface area contributed by atoms with Crippen LogP contribution in [0.1, 0.15) is 0 Å². The molecule has 0 bridgehead atoms. The summed E-state index contributed by atoms with van der Waals surface area (Å²) in [6.45, 7) is 0. The van der Waals surface area contributed by atoms with Crippen LogP contribution in [0, 0.1) is 0 Å². The summed E-state index contributed by atoms with van der Waals surface area (Å²) in [7, 11) is 63.2. The van der Waals surface area contributed by atoms with Crippen LogP contribution in [0.5, 0.6) is 0 Å². The molecule has 0 saturated carbocycles. The fraction of sp³-hybridized carbons (Fsp3) is 0. The Morgan fingerprint density at radius 3 is 1.45 bits per heavy atom. The molecule has 10 rings (SSSR count). The summed E-state index contributed by atoms with van der Waals surface area (Å²) in [6, 6.07) is 37.2. The van der Waals surface area contributed by atoms with Gasteiger partial charge in [-0.3, -0.25) is 0 Å². The quantitative estimate of drug-likeness (QED) is 0.223. The maximum Gasteiger partial charge on any atom is 0.164 e. The molecule has 20 radical (unpaired) electrons. The van der Waals surface area contributed by atoms with Crippen molar-refractivity contribution < 1.29 is 4.42 Å². The fourth-order valence-electron chi connectivity index (χ4n) is 8.01. The molecule has 0 unspecified atom stereocenters. The molecule has 0 amide bonds. The van der Waals surface area contributed by atoms with Crippen LogP contribution in [0.4, 0.5) is 0 Å². The molecule has 0 aliphatic carbocycles. The first kappa shape index (κ1) is 38.0. The van der Waals surface area contributed by atoms with Gasteiger partial charge in [-0.25, -0.2) is 15.0 Å². The van der Waals surface area contributed by atoms with Crippen LogP contribution in [0.2, 0.25) is 0 Å².